The molecule has 2 amide bonds. The predicted octanol–water partition coefficient (Wildman–Crippen LogP) is 1.69. The van der Waals surface area contributed by atoms with E-state index in [1.807, 2.05) is 37.3 Å². The van der Waals surface area contributed by atoms with Crippen LogP contribution in [0.4, 0.5) is 13.2 Å². The van der Waals surface area contributed by atoms with Crippen molar-refractivity contribution in [3.05, 3.63) is 47.7 Å². The van der Waals surface area contributed by atoms with Gasteiger partial charge in [-0.25, -0.2) is 9.59 Å². The molecule has 0 saturated heterocycles. The van der Waals surface area contributed by atoms with E-state index >= 15 is 0 Å². The number of carboxylic acid groups (broad SMARTS) is 2. The highest BCUT2D eigenvalue weighted by Crippen LogP contribution is 2.20. The second kappa shape index (κ2) is 14.1. The molecule has 0 aliphatic carbocycles. The van der Waals surface area contributed by atoms with Crippen LogP contribution in [-0.4, -0.2) is 76.3 Å². The van der Waals surface area contributed by atoms with Gasteiger partial charge in [-0.3, -0.25) is 9.59 Å². The van der Waals surface area contributed by atoms with Crippen molar-refractivity contribution in [1.82, 2.24) is 10.2 Å². The zero-order chi connectivity index (χ0) is 27.5. The molecular weight excluding hydrogens is 487 g/mol. The van der Waals surface area contributed by atoms with Gasteiger partial charge in [0.1, 0.15) is 0 Å². The smallest absolute Gasteiger partial charge is 0.475 e. The number of alkyl halides is 3. The van der Waals surface area contributed by atoms with Crippen molar-refractivity contribution in [2.75, 3.05) is 13.1 Å². The maximum Gasteiger partial charge on any atom is 0.490 e. The summed E-state index contributed by atoms with van der Waals surface area (Å²) in [4.78, 5) is 46.7. The highest BCUT2D eigenvalue weighted by Gasteiger charge is 2.42. The van der Waals surface area contributed by atoms with Crippen LogP contribution in [0.15, 0.2) is 42.2 Å². The van der Waals surface area contributed by atoms with Crippen LogP contribution in [0.2, 0.25) is 0 Å². The monoisotopic (exact) mass is 517 g/mol. The molecule has 0 spiro atoms. The van der Waals surface area contributed by atoms with Crippen molar-refractivity contribution in [2.45, 2.75) is 57.5 Å². The highest BCUT2D eigenvalue weighted by molar-refractivity contribution is 5.88. The van der Waals surface area contributed by atoms with Crippen LogP contribution in [0.5, 0.6) is 0 Å². The maximum atomic E-state index is 13.2. The number of carboxylic acids is 2. The van der Waals surface area contributed by atoms with Gasteiger partial charge in [0.2, 0.25) is 11.7 Å². The molecule has 0 saturated carbocycles. The van der Waals surface area contributed by atoms with Crippen molar-refractivity contribution >= 4 is 23.8 Å². The number of rotatable bonds is 9. The molecule has 0 unspecified atom stereocenters. The second-order valence-corrected chi connectivity index (χ2v) is 7.90. The Balaban J connectivity index is 0.000000809. The van der Waals surface area contributed by atoms with Gasteiger partial charge in [-0.15, -0.1) is 0 Å². The van der Waals surface area contributed by atoms with E-state index in [2.05, 4.69) is 5.32 Å². The SMILES string of the molecule is CCCN(CCCc1ccccc1)C(=O)[C@@H]1OC(C(=O)O)=C[C@H](N)[C@H]1NC(C)=O.O=C(O)C(F)(F)F. The fraction of sp³-hybridized carbons (Fsp3) is 0.478. The number of nitrogens with zero attached hydrogens (tertiary/aromatic N) is 1. The maximum absolute atomic E-state index is 13.2. The Morgan fingerprint density at radius 3 is 2.17 bits per heavy atom. The van der Waals surface area contributed by atoms with Crippen molar-refractivity contribution in [2.24, 2.45) is 5.73 Å². The Morgan fingerprint density at radius 1 is 1.11 bits per heavy atom. The molecular formula is C23H30F3N3O7. The van der Waals surface area contributed by atoms with Gasteiger partial charge in [-0.2, -0.15) is 13.2 Å². The van der Waals surface area contributed by atoms with Crippen LogP contribution in [0.3, 0.4) is 0 Å². The molecule has 2 rings (SSSR count). The Kier molecular flexibility index (Phi) is 11.9. The third-order valence-electron chi connectivity index (χ3n) is 4.95. The quantitative estimate of drug-likeness (QED) is 0.385. The minimum absolute atomic E-state index is 0.370. The van der Waals surface area contributed by atoms with E-state index in [4.69, 9.17) is 20.4 Å². The normalized spacial score (nSPS) is 19.1. The van der Waals surface area contributed by atoms with Gasteiger partial charge in [0.25, 0.3) is 5.91 Å². The molecule has 13 heteroatoms. The first-order valence-corrected chi connectivity index (χ1v) is 11.0. The number of carbonyl (C=O) groups is 4. The average molecular weight is 518 g/mol. The number of nitrogens with one attached hydrogen (secondary N) is 1. The van der Waals surface area contributed by atoms with E-state index in [1.165, 1.54) is 18.6 Å². The number of hydrogen-bond acceptors (Lipinski definition) is 6. The molecule has 1 aromatic carbocycles. The van der Waals surface area contributed by atoms with E-state index in [0.717, 1.165) is 19.3 Å². The summed E-state index contributed by atoms with van der Waals surface area (Å²) in [5.74, 6) is -5.18. The fourth-order valence-electron chi connectivity index (χ4n) is 3.36. The van der Waals surface area contributed by atoms with Crippen LogP contribution < -0.4 is 11.1 Å². The van der Waals surface area contributed by atoms with Gasteiger partial charge >= 0.3 is 18.1 Å². The number of nitrogens with two attached hydrogens (primary N) is 1. The van der Waals surface area contributed by atoms with Crippen molar-refractivity contribution < 1.29 is 47.3 Å². The average Bonchev–Trinajstić information content (AvgIpc) is 2.79. The Morgan fingerprint density at radius 2 is 1.69 bits per heavy atom. The second-order valence-electron chi connectivity index (χ2n) is 7.90. The molecule has 200 valence electrons. The van der Waals surface area contributed by atoms with E-state index in [-0.39, 0.29) is 17.6 Å². The van der Waals surface area contributed by atoms with Crippen molar-refractivity contribution in [3.63, 3.8) is 0 Å². The van der Waals surface area contributed by atoms with E-state index in [9.17, 15) is 32.7 Å². The molecule has 1 aliphatic rings. The van der Waals surface area contributed by atoms with Gasteiger partial charge in [0, 0.05) is 20.0 Å². The fourth-order valence-corrected chi connectivity index (χ4v) is 3.36. The lowest BCUT2D eigenvalue weighted by Gasteiger charge is -2.37. The van der Waals surface area contributed by atoms with Crippen LogP contribution in [0, 0.1) is 0 Å². The topological polar surface area (TPSA) is 159 Å². The zero-order valence-electron chi connectivity index (χ0n) is 19.8. The predicted molar refractivity (Wildman–Crippen MR) is 121 cm³/mol. The lowest BCUT2D eigenvalue weighted by molar-refractivity contribution is -0.192. The Hall–Kier alpha value is -3.61. The largest absolute Gasteiger partial charge is 0.490 e. The van der Waals surface area contributed by atoms with Gasteiger partial charge in [0.05, 0.1) is 12.1 Å². The first kappa shape index (κ1) is 30.4. The Labute approximate surface area is 205 Å². The summed E-state index contributed by atoms with van der Waals surface area (Å²) in [6, 6.07) is 8.28. The summed E-state index contributed by atoms with van der Waals surface area (Å²) < 4.78 is 37.2. The summed E-state index contributed by atoms with van der Waals surface area (Å²) in [6.07, 6.45) is -2.75. The number of amides is 2. The zero-order valence-corrected chi connectivity index (χ0v) is 19.8. The van der Waals surface area contributed by atoms with E-state index in [1.54, 1.807) is 4.90 Å². The molecule has 0 fully saturated rings. The molecule has 1 aromatic rings. The van der Waals surface area contributed by atoms with Crippen LogP contribution in [-0.2, 0) is 30.3 Å². The summed E-state index contributed by atoms with van der Waals surface area (Å²) >= 11 is 0. The molecule has 1 aliphatic heterocycles. The third kappa shape index (κ3) is 9.94. The molecule has 36 heavy (non-hydrogen) atoms. The van der Waals surface area contributed by atoms with Crippen LogP contribution in [0.1, 0.15) is 32.3 Å². The molecule has 0 aromatic heterocycles. The Bertz CT molecular complexity index is 939. The number of halogens is 3. The van der Waals surface area contributed by atoms with Crippen molar-refractivity contribution in [3.8, 4) is 0 Å². The number of aliphatic carboxylic acids is 2. The standard InChI is InChI=1S/C21H29N3O5.C2HF3O2/c1-3-11-24(12-7-10-15-8-5-4-6-9-15)20(26)19-18(23-14(2)25)16(22)13-17(29-19)21(27)28;3-2(4,5)1(6)7/h4-6,8-9,13,16,18-19H,3,7,10-12,22H2,1-2H3,(H,23,25)(H,27,28);(H,6,7)/t16-,18+,19+;/m0./s1. The minimum Gasteiger partial charge on any atom is -0.475 e. The third-order valence-corrected chi connectivity index (χ3v) is 4.95. The summed E-state index contributed by atoms with van der Waals surface area (Å²) in [6.45, 7) is 4.27. The van der Waals surface area contributed by atoms with Gasteiger partial charge < -0.3 is 30.9 Å². The molecule has 5 N–H and O–H groups in total. The summed E-state index contributed by atoms with van der Waals surface area (Å²) in [5, 5.41) is 19.0. The van der Waals surface area contributed by atoms with Crippen LogP contribution in [0.25, 0.3) is 0 Å². The van der Waals surface area contributed by atoms with Crippen LogP contribution >= 0.6 is 0 Å². The number of ether oxygens (including phenoxy) is 1. The minimum atomic E-state index is -5.08. The summed E-state index contributed by atoms with van der Waals surface area (Å²) in [5.41, 5.74) is 7.21. The first-order valence-electron chi connectivity index (χ1n) is 11.0. The number of benzene rings is 1. The lowest BCUT2D eigenvalue weighted by Crippen LogP contribution is -2.61. The molecule has 3 atom stereocenters. The van der Waals surface area contributed by atoms with E-state index in [0.29, 0.717) is 13.1 Å². The van der Waals surface area contributed by atoms with Gasteiger partial charge in [-0.1, -0.05) is 37.3 Å². The molecule has 1 heterocycles. The number of carbonyl (C=O) groups excluding carboxylic acids is 2. The van der Waals surface area contributed by atoms with Crippen molar-refractivity contribution in [1.29, 1.82) is 0 Å². The lowest BCUT2D eigenvalue weighted by atomic mass is 9.97. The van der Waals surface area contributed by atoms with E-state index < -0.39 is 36.3 Å². The molecule has 0 bridgehead atoms. The highest BCUT2D eigenvalue weighted by atomic mass is 19.4. The summed E-state index contributed by atoms with van der Waals surface area (Å²) in [7, 11) is 0. The first-order chi connectivity index (χ1) is 16.8. The van der Waals surface area contributed by atoms with Gasteiger partial charge in [-0.05, 0) is 30.9 Å². The number of aryl methyl sites for hydroxylation is 1. The molecule has 0 radical (unpaired) electrons. The molecule has 10 nitrogen and oxygen atoms in total. The van der Waals surface area contributed by atoms with Gasteiger partial charge in [0.15, 0.2) is 6.10 Å². The number of hydrogen-bond donors (Lipinski definition) is 4.